The fourth-order valence-electron chi connectivity index (χ4n) is 2.00. The van der Waals surface area contributed by atoms with Gasteiger partial charge in [0.25, 0.3) is 0 Å². The number of nitrogens with one attached hydrogen (secondary N) is 1. The molecule has 0 aliphatic rings. The summed E-state index contributed by atoms with van der Waals surface area (Å²) in [6, 6.07) is 13.3. The second-order valence-electron chi connectivity index (χ2n) is 4.63. The van der Waals surface area contributed by atoms with Crippen LogP contribution in [0.25, 0.3) is 0 Å². The largest absolute Gasteiger partial charge is 0.353 e. The van der Waals surface area contributed by atoms with Gasteiger partial charge in [-0.25, -0.2) is 0 Å². The quantitative estimate of drug-likeness (QED) is 0.850. The molecular formula is C15H20N2. The molecule has 0 aliphatic carbocycles. The Morgan fingerprint density at radius 1 is 1.24 bits per heavy atom. The topological polar surface area (TPSA) is 17.0 Å². The van der Waals surface area contributed by atoms with E-state index in [4.69, 9.17) is 0 Å². The first-order valence-electron chi connectivity index (χ1n) is 6.07. The molecule has 2 nitrogen and oxygen atoms in total. The van der Waals surface area contributed by atoms with E-state index in [-0.39, 0.29) is 0 Å². The lowest BCUT2D eigenvalue weighted by Gasteiger charge is -2.15. The van der Waals surface area contributed by atoms with Crippen LogP contribution in [0.4, 0.5) is 0 Å². The zero-order chi connectivity index (χ0) is 12.3. The summed E-state index contributed by atoms with van der Waals surface area (Å²) in [5.41, 5.74) is 3.97. The third kappa shape index (κ3) is 2.98. The van der Waals surface area contributed by atoms with Crippen molar-refractivity contribution in [1.29, 1.82) is 0 Å². The minimum atomic E-state index is 0.379. The van der Waals surface area contributed by atoms with Gasteiger partial charge >= 0.3 is 0 Å². The Morgan fingerprint density at radius 2 is 2.06 bits per heavy atom. The molecule has 1 aromatic carbocycles. The van der Waals surface area contributed by atoms with Crippen LogP contribution in [-0.4, -0.2) is 4.57 Å². The van der Waals surface area contributed by atoms with Crippen molar-refractivity contribution in [3.63, 3.8) is 0 Å². The highest BCUT2D eigenvalue weighted by molar-refractivity contribution is 5.24. The smallest absolute Gasteiger partial charge is 0.0364 e. The Morgan fingerprint density at radius 3 is 2.71 bits per heavy atom. The van der Waals surface area contributed by atoms with Gasteiger partial charge in [-0.15, -0.1) is 0 Å². The average Bonchev–Trinajstić information content (AvgIpc) is 2.72. The van der Waals surface area contributed by atoms with Crippen molar-refractivity contribution in [3.8, 4) is 0 Å². The van der Waals surface area contributed by atoms with E-state index in [0.717, 1.165) is 6.54 Å². The first kappa shape index (κ1) is 11.9. The second-order valence-corrected chi connectivity index (χ2v) is 4.63. The molecule has 0 unspecified atom stereocenters. The van der Waals surface area contributed by atoms with E-state index in [9.17, 15) is 0 Å². The standard InChI is InChI=1S/C15H20N2/c1-12-6-4-7-14(10-12)13(2)16-11-15-8-5-9-17(15)3/h4-10,13,16H,11H2,1-3H3/t13-/m0/s1. The van der Waals surface area contributed by atoms with Crippen molar-refractivity contribution < 1.29 is 0 Å². The third-order valence-electron chi connectivity index (χ3n) is 3.18. The summed E-state index contributed by atoms with van der Waals surface area (Å²) in [5, 5.41) is 3.55. The first-order chi connectivity index (χ1) is 8.16. The van der Waals surface area contributed by atoms with Crippen molar-refractivity contribution in [2.24, 2.45) is 7.05 Å². The molecule has 0 fully saturated rings. The van der Waals surface area contributed by atoms with Crippen molar-refractivity contribution in [2.75, 3.05) is 0 Å². The highest BCUT2D eigenvalue weighted by Crippen LogP contribution is 2.14. The summed E-state index contributed by atoms with van der Waals surface area (Å²) >= 11 is 0. The summed E-state index contributed by atoms with van der Waals surface area (Å²) in [4.78, 5) is 0. The highest BCUT2D eigenvalue weighted by Gasteiger charge is 2.05. The number of hydrogen-bond acceptors (Lipinski definition) is 1. The third-order valence-corrected chi connectivity index (χ3v) is 3.18. The van der Waals surface area contributed by atoms with Crippen LogP contribution in [0, 0.1) is 6.92 Å². The lowest BCUT2D eigenvalue weighted by atomic mass is 10.1. The molecule has 2 rings (SSSR count). The van der Waals surface area contributed by atoms with Crippen molar-refractivity contribution in [1.82, 2.24) is 9.88 Å². The van der Waals surface area contributed by atoms with Crippen LogP contribution in [0.3, 0.4) is 0 Å². The molecule has 0 radical (unpaired) electrons. The number of nitrogens with zero attached hydrogens (tertiary/aromatic N) is 1. The van der Waals surface area contributed by atoms with Crippen LogP contribution in [-0.2, 0) is 13.6 Å². The molecule has 2 aromatic rings. The molecule has 1 N–H and O–H groups in total. The van der Waals surface area contributed by atoms with Gasteiger partial charge in [-0.1, -0.05) is 29.8 Å². The maximum atomic E-state index is 3.55. The van der Waals surface area contributed by atoms with E-state index < -0.39 is 0 Å². The number of benzene rings is 1. The number of hydrogen-bond donors (Lipinski definition) is 1. The number of rotatable bonds is 4. The second kappa shape index (κ2) is 5.19. The van der Waals surface area contributed by atoms with Crippen LogP contribution in [0.2, 0.25) is 0 Å². The molecule has 1 atom stereocenters. The van der Waals surface area contributed by atoms with Crippen molar-refractivity contribution >= 4 is 0 Å². The molecule has 0 spiro atoms. The number of aryl methyl sites for hydroxylation is 2. The Kier molecular flexibility index (Phi) is 3.64. The normalized spacial score (nSPS) is 12.6. The zero-order valence-electron chi connectivity index (χ0n) is 10.8. The van der Waals surface area contributed by atoms with E-state index in [1.807, 2.05) is 0 Å². The molecular weight excluding hydrogens is 208 g/mol. The Bertz CT molecular complexity index is 485. The lowest BCUT2D eigenvalue weighted by Crippen LogP contribution is -2.19. The van der Waals surface area contributed by atoms with Crippen LogP contribution in [0.1, 0.15) is 29.8 Å². The van der Waals surface area contributed by atoms with Gasteiger partial charge in [0.05, 0.1) is 0 Å². The molecule has 2 heteroatoms. The number of aromatic nitrogens is 1. The molecule has 0 saturated heterocycles. The molecule has 90 valence electrons. The van der Waals surface area contributed by atoms with Crippen LogP contribution < -0.4 is 5.32 Å². The van der Waals surface area contributed by atoms with Gasteiger partial charge in [0.2, 0.25) is 0 Å². The minimum Gasteiger partial charge on any atom is -0.353 e. The van der Waals surface area contributed by atoms with Crippen LogP contribution in [0.15, 0.2) is 42.6 Å². The highest BCUT2D eigenvalue weighted by atomic mass is 15.0. The van der Waals surface area contributed by atoms with Crippen LogP contribution >= 0.6 is 0 Å². The van der Waals surface area contributed by atoms with E-state index >= 15 is 0 Å². The van der Waals surface area contributed by atoms with Crippen molar-refractivity contribution in [2.45, 2.75) is 26.4 Å². The van der Waals surface area contributed by atoms with E-state index in [2.05, 4.69) is 73.4 Å². The van der Waals surface area contributed by atoms with Gasteiger partial charge in [-0.05, 0) is 31.5 Å². The van der Waals surface area contributed by atoms with Crippen LogP contribution in [0.5, 0.6) is 0 Å². The SMILES string of the molecule is Cc1cccc([C@H](C)NCc2cccn2C)c1. The Hall–Kier alpha value is -1.54. The maximum Gasteiger partial charge on any atom is 0.0364 e. The zero-order valence-corrected chi connectivity index (χ0v) is 10.8. The monoisotopic (exact) mass is 228 g/mol. The Balaban J connectivity index is 1.98. The summed E-state index contributed by atoms with van der Waals surface area (Å²) in [6.07, 6.45) is 2.08. The van der Waals surface area contributed by atoms with Gasteiger partial charge < -0.3 is 9.88 Å². The predicted molar refractivity (Wildman–Crippen MR) is 71.8 cm³/mol. The Labute approximate surface area is 103 Å². The fourth-order valence-corrected chi connectivity index (χ4v) is 2.00. The first-order valence-corrected chi connectivity index (χ1v) is 6.07. The maximum absolute atomic E-state index is 3.55. The van der Waals surface area contributed by atoms with Gasteiger partial charge in [-0.3, -0.25) is 0 Å². The summed E-state index contributed by atoms with van der Waals surface area (Å²) in [7, 11) is 2.08. The summed E-state index contributed by atoms with van der Waals surface area (Å²) < 4.78 is 2.15. The van der Waals surface area contributed by atoms with E-state index in [1.165, 1.54) is 16.8 Å². The minimum absolute atomic E-state index is 0.379. The van der Waals surface area contributed by atoms with Gasteiger partial charge in [0.1, 0.15) is 0 Å². The summed E-state index contributed by atoms with van der Waals surface area (Å²) in [6.45, 7) is 5.24. The summed E-state index contributed by atoms with van der Waals surface area (Å²) in [5.74, 6) is 0. The molecule has 0 saturated carbocycles. The van der Waals surface area contributed by atoms with Gasteiger partial charge in [-0.2, -0.15) is 0 Å². The van der Waals surface area contributed by atoms with Gasteiger partial charge in [0.15, 0.2) is 0 Å². The molecule has 0 aliphatic heterocycles. The average molecular weight is 228 g/mol. The van der Waals surface area contributed by atoms with E-state index in [1.54, 1.807) is 0 Å². The van der Waals surface area contributed by atoms with Crippen molar-refractivity contribution in [3.05, 3.63) is 59.4 Å². The van der Waals surface area contributed by atoms with Gasteiger partial charge in [0, 0.05) is 31.5 Å². The molecule has 1 heterocycles. The lowest BCUT2D eigenvalue weighted by molar-refractivity contribution is 0.557. The molecule has 0 amide bonds. The molecule has 0 bridgehead atoms. The predicted octanol–water partition coefficient (Wildman–Crippen LogP) is 3.18. The van der Waals surface area contributed by atoms with E-state index in [0.29, 0.717) is 6.04 Å². The molecule has 17 heavy (non-hydrogen) atoms. The fraction of sp³-hybridized carbons (Fsp3) is 0.333. The molecule has 1 aromatic heterocycles.